The zero-order valence-electron chi connectivity index (χ0n) is 41.0. The van der Waals surface area contributed by atoms with Gasteiger partial charge < -0.3 is 0 Å². The van der Waals surface area contributed by atoms with E-state index in [0.29, 0.717) is 45.8 Å². The summed E-state index contributed by atoms with van der Waals surface area (Å²) in [6.07, 6.45) is 22.2. The van der Waals surface area contributed by atoms with Crippen molar-refractivity contribution in [2.75, 3.05) is 0 Å². The highest BCUT2D eigenvalue weighted by Crippen LogP contribution is 2.27. The van der Waals surface area contributed by atoms with E-state index in [1.807, 2.05) is 0 Å². The topological polar surface area (TPSA) is 0 Å². The third-order valence-electron chi connectivity index (χ3n) is 9.42. The van der Waals surface area contributed by atoms with E-state index in [1.165, 1.54) is 38.5 Å². The van der Waals surface area contributed by atoms with Gasteiger partial charge in [0.25, 0.3) is 0 Å². The Kier molecular flexibility index (Phi) is 38.1. The van der Waals surface area contributed by atoms with E-state index in [2.05, 4.69) is 216 Å². The number of hydrogen-bond donors (Lipinski definition) is 0. The first-order valence-electron chi connectivity index (χ1n) is 21.8. The van der Waals surface area contributed by atoms with E-state index >= 15 is 0 Å². The van der Waals surface area contributed by atoms with Crippen molar-refractivity contribution in [1.29, 1.82) is 0 Å². The average molecular weight is 719 g/mol. The van der Waals surface area contributed by atoms with Crippen molar-refractivity contribution in [3.63, 3.8) is 0 Å². The number of hydrogen-bond acceptors (Lipinski definition) is 0. The molecule has 0 heteroatoms. The quantitative estimate of drug-likeness (QED) is 0.157. The molecule has 0 spiro atoms. The molecule has 0 fully saturated rings. The zero-order chi connectivity index (χ0) is 41.8. The Hall–Kier alpha value is -0.780. The normalized spacial score (nSPS) is 14.5. The van der Waals surface area contributed by atoms with Gasteiger partial charge in [-0.25, -0.2) is 0 Å². The summed E-state index contributed by atoms with van der Waals surface area (Å²) in [5.74, 6) is 7.56. The Balaban J connectivity index is -0.000000173. The molecule has 0 heterocycles. The van der Waals surface area contributed by atoms with E-state index in [1.54, 1.807) is 0 Å². The molecule has 310 valence electrons. The van der Waals surface area contributed by atoms with Crippen LogP contribution in [0.1, 0.15) is 219 Å². The Morgan fingerprint density at radius 2 is 0.627 bits per heavy atom. The molecule has 0 aromatic heterocycles. The van der Waals surface area contributed by atoms with Crippen LogP contribution in [0.2, 0.25) is 0 Å². The second-order valence-corrected chi connectivity index (χ2v) is 21.9. The smallest absolute Gasteiger partial charge is 0.0213 e. The van der Waals surface area contributed by atoms with Crippen molar-refractivity contribution in [3.05, 3.63) is 36.5 Å². The SMILES string of the molecule is CC(C)/C=C/[C@@H](C)C(C)(C)C.CC(C)/C=C/[C@H](C)C(C)(C)C.CC(C)/C=C/[C@H](C)C(C)C.CC(C)CCCC(C)(C)C.CC(C)CCCC(C)C. The second kappa shape index (κ2) is 32.6. The molecule has 0 bridgehead atoms. The first kappa shape index (κ1) is 59.5. The summed E-state index contributed by atoms with van der Waals surface area (Å²) in [5, 5.41) is 0. The van der Waals surface area contributed by atoms with Gasteiger partial charge in [-0.05, 0) is 81.8 Å². The monoisotopic (exact) mass is 719 g/mol. The highest BCUT2D eigenvalue weighted by Gasteiger charge is 2.17. The maximum atomic E-state index is 2.32. The summed E-state index contributed by atoms with van der Waals surface area (Å²) < 4.78 is 0. The van der Waals surface area contributed by atoms with Crippen molar-refractivity contribution in [3.8, 4) is 0 Å². The molecule has 0 nitrogen and oxygen atoms in total. The molecule has 0 aromatic carbocycles. The molecule has 0 unspecified atom stereocenters. The molecule has 3 atom stereocenters. The van der Waals surface area contributed by atoms with E-state index in [0.717, 1.165) is 29.6 Å². The van der Waals surface area contributed by atoms with Gasteiger partial charge >= 0.3 is 0 Å². The lowest BCUT2D eigenvalue weighted by Gasteiger charge is -2.24. The Bertz CT molecular complexity index is 746. The minimum Gasteiger partial charge on any atom is -0.0857 e. The van der Waals surface area contributed by atoms with Gasteiger partial charge in [-0.1, -0.05) is 249 Å². The molecule has 0 aromatic rings. The summed E-state index contributed by atoms with van der Waals surface area (Å²) in [7, 11) is 0. The van der Waals surface area contributed by atoms with Crippen molar-refractivity contribution in [2.45, 2.75) is 219 Å². The summed E-state index contributed by atoms with van der Waals surface area (Å²) in [6, 6.07) is 0. The van der Waals surface area contributed by atoms with Gasteiger partial charge in [0.05, 0.1) is 0 Å². The Morgan fingerprint density at radius 1 is 0.353 bits per heavy atom. The molecule has 0 aliphatic heterocycles. The molecule has 0 N–H and O–H groups in total. The Labute approximate surface area is 329 Å². The first-order valence-corrected chi connectivity index (χ1v) is 21.8. The van der Waals surface area contributed by atoms with E-state index in [9.17, 15) is 0 Å². The fraction of sp³-hybridized carbons (Fsp3) is 0.882. The van der Waals surface area contributed by atoms with Crippen LogP contribution in [0.5, 0.6) is 0 Å². The van der Waals surface area contributed by atoms with Crippen LogP contribution in [0.3, 0.4) is 0 Å². The number of rotatable bonds is 14. The van der Waals surface area contributed by atoms with Crippen molar-refractivity contribution in [2.24, 2.45) is 75.4 Å². The third-order valence-corrected chi connectivity index (χ3v) is 9.42. The maximum absolute atomic E-state index is 2.32. The van der Waals surface area contributed by atoms with Gasteiger partial charge in [-0.15, -0.1) is 0 Å². The predicted molar refractivity (Wildman–Crippen MR) is 245 cm³/mol. The van der Waals surface area contributed by atoms with Crippen LogP contribution in [0.15, 0.2) is 36.5 Å². The van der Waals surface area contributed by atoms with Crippen molar-refractivity contribution >= 4 is 0 Å². The van der Waals surface area contributed by atoms with Gasteiger partial charge in [-0.2, -0.15) is 0 Å². The lowest BCUT2D eigenvalue weighted by atomic mass is 9.81. The minimum absolute atomic E-state index is 0.408. The largest absolute Gasteiger partial charge is 0.0857 e. The summed E-state index contributed by atoms with van der Waals surface area (Å²) in [5.41, 5.74) is 1.35. The van der Waals surface area contributed by atoms with Crippen LogP contribution in [-0.2, 0) is 0 Å². The predicted octanol–water partition coefficient (Wildman–Crippen LogP) is 18.6. The van der Waals surface area contributed by atoms with Gasteiger partial charge in [0.2, 0.25) is 0 Å². The highest BCUT2D eigenvalue weighted by molar-refractivity contribution is 4.94. The zero-order valence-corrected chi connectivity index (χ0v) is 41.0. The van der Waals surface area contributed by atoms with Crippen LogP contribution in [0.4, 0.5) is 0 Å². The third kappa shape index (κ3) is 58.8. The molecule has 51 heavy (non-hydrogen) atoms. The molecule has 0 aliphatic rings. The fourth-order valence-corrected chi connectivity index (χ4v) is 3.95. The van der Waals surface area contributed by atoms with Crippen LogP contribution in [0.25, 0.3) is 0 Å². The van der Waals surface area contributed by atoms with Gasteiger partial charge in [0.1, 0.15) is 0 Å². The molecule has 0 saturated heterocycles. The highest BCUT2D eigenvalue weighted by atomic mass is 14.2. The lowest BCUT2D eigenvalue weighted by Crippen LogP contribution is -2.14. The molecular formula is C51H106. The minimum atomic E-state index is 0.408. The second-order valence-electron chi connectivity index (χ2n) is 21.9. The molecule has 0 rings (SSSR count). The van der Waals surface area contributed by atoms with E-state index in [4.69, 9.17) is 0 Å². The summed E-state index contributed by atoms with van der Waals surface area (Å²) in [6.45, 7) is 59.0. The fourth-order valence-electron chi connectivity index (χ4n) is 3.95. The number of allylic oxidation sites excluding steroid dienone is 6. The van der Waals surface area contributed by atoms with Crippen LogP contribution < -0.4 is 0 Å². The maximum Gasteiger partial charge on any atom is -0.0213 e. The van der Waals surface area contributed by atoms with Gasteiger partial charge in [-0.3, -0.25) is 0 Å². The van der Waals surface area contributed by atoms with Crippen LogP contribution in [-0.4, -0.2) is 0 Å². The molecule has 0 aliphatic carbocycles. The summed E-state index contributed by atoms with van der Waals surface area (Å²) >= 11 is 0. The lowest BCUT2D eigenvalue weighted by molar-refractivity contribution is 0.313. The van der Waals surface area contributed by atoms with Gasteiger partial charge in [0.15, 0.2) is 0 Å². The summed E-state index contributed by atoms with van der Waals surface area (Å²) in [4.78, 5) is 0. The standard InChI is InChI=1S/2C11H22.C10H22.C10H20.C9H20/c2*1-9(2)7-8-10(3)11(4,5)6;1-9(2)7-6-8-10(3,4)5;1-8(2)6-7-10(5)9(3)4;1-8(2)6-5-7-9(3)4/h2*7-10H,1-6H3;9H,6-8H2,1-5H3;6-10H,1-5H3;8-9H,5-7H2,1-4H3/b2*8-7+;;7-6+;/t2*10-;;10-;/m10.0./s1. The molecule has 0 radical (unpaired) electrons. The van der Waals surface area contributed by atoms with E-state index < -0.39 is 0 Å². The molecule has 0 saturated carbocycles. The molecule has 0 amide bonds. The Morgan fingerprint density at radius 3 is 0.843 bits per heavy atom. The molecular weight excluding hydrogens is 613 g/mol. The van der Waals surface area contributed by atoms with Crippen LogP contribution in [0, 0.1) is 75.4 Å². The van der Waals surface area contributed by atoms with Crippen LogP contribution >= 0.6 is 0 Å². The average Bonchev–Trinajstić information content (AvgIpc) is 2.92. The van der Waals surface area contributed by atoms with E-state index in [-0.39, 0.29) is 0 Å². The van der Waals surface area contributed by atoms with Crippen molar-refractivity contribution < 1.29 is 0 Å². The van der Waals surface area contributed by atoms with Gasteiger partial charge in [0, 0.05) is 0 Å². The first-order chi connectivity index (χ1) is 22.8. The van der Waals surface area contributed by atoms with Crippen molar-refractivity contribution in [1.82, 2.24) is 0 Å².